The van der Waals surface area contributed by atoms with E-state index in [0.29, 0.717) is 28.6 Å². The summed E-state index contributed by atoms with van der Waals surface area (Å²) in [5.74, 6) is 1.33. The number of para-hydroxylation sites is 1. The molecule has 1 aliphatic rings. The van der Waals surface area contributed by atoms with Crippen LogP contribution < -0.4 is 14.4 Å². The molecule has 2 aromatic rings. The summed E-state index contributed by atoms with van der Waals surface area (Å²) in [6.45, 7) is 4.26. The highest BCUT2D eigenvalue weighted by atomic mass is 35.5. The Morgan fingerprint density at radius 3 is 2.59 bits per heavy atom. The number of ether oxygens (including phenoxy) is 1. The number of benzene rings is 2. The molecule has 0 bridgehead atoms. The molecule has 2 aromatic carbocycles. The number of rotatable bonds is 7. The van der Waals surface area contributed by atoms with E-state index in [2.05, 4.69) is 0 Å². The maximum atomic E-state index is 13.4. The van der Waals surface area contributed by atoms with E-state index in [4.69, 9.17) is 22.1 Å². The maximum absolute atomic E-state index is 13.4. The van der Waals surface area contributed by atoms with Crippen LogP contribution in [-0.4, -0.2) is 27.3 Å². The minimum Gasteiger partial charge on any atom is -0.457 e. The SMILES string of the molecule is CCCS(=O)(=O)[N+]1(c2cc(C)c(Oc3ccccc3)cc2Cl)C=C(CN)C=CC1. The lowest BCUT2D eigenvalue weighted by Gasteiger charge is -2.35. The molecule has 0 fully saturated rings. The number of hydrogen-bond donors (Lipinski definition) is 1. The zero-order valence-corrected chi connectivity index (χ0v) is 18.2. The van der Waals surface area contributed by atoms with Gasteiger partial charge >= 0.3 is 10.0 Å². The fourth-order valence-electron chi connectivity index (χ4n) is 3.44. The van der Waals surface area contributed by atoms with Gasteiger partial charge in [0.2, 0.25) is 0 Å². The van der Waals surface area contributed by atoms with Crippen LogP contribution in [0.2, 0.25) is 5.02 Å². The van der Waals surface area contributed by atoms with Gasteiger partial charge in [-0.1, -0.05) is 42.8 Å². The summed E-state index contributed by atoms with van der Waals surface area (Å²) in [6, 6.07) is 12.9. The van der Waals surface area contributed by atoms with Crippen molar-refractivity contribution in [1.82, 2.24) is 3.89 Å². The van der Waals surface area contributed by atoms with Crippen LogP contribution in [0.1, 0.15) is 18.9 Å². The van der Waals surface area contributed by atoms with Crippen LogP contribution in [0.5, 0.6) is 11.5 Å². The Kier molecular flexibility index (Phi) is 6.49. The molecule has 1 unspecified atom stereocenters. The van der Waals surface area contributed by atoms with Crippen LogP contribution in [0.4, 0.5) is 5.69 Å². The fraction of sp³-hybridized carbons (Fsp3) is 0.273. The van der Waals surface area contributed by atoms with Crippen molar-refractivity contribution in [3.8, 4) is 11.5 Å². The molecule has 0 saturated heterocycles. The summed E-state index contributed by atoms with van der Waals surface area (Å²) in [5, 5.41) is 0.337. The number of nitrogens with zero attached hydrogens (tertiary/aromatic N) is 1. The molecular formula is C22H26ClN2O3S+. The van der Waals surface area contributed by atoms with Gasteiger partial charge in [-0.2, -0.15) is 12.3 Å². The van der Waals surface area contributed by atoms with Crippen LogP contribution in [0.3, 0.4) is 0 Å². The zero-order chi connectivity index (χ0) is 21.1. The molecule has 0 aliphatic carbocycles. The minimum absolute atomic E-state index is 0.0484. The van der Waals surface area contributed by atoms with Gasteiger partial charge in [-0.25, -0.2) is 0 Å². The Morgan fingerprint density at radius 2 is 1.93 bits per heavy atom. The first-order valence-corrected chi connectivity index (χ1v) is 11.5. The topological polar surface area (TPSA) is 69.4 Å². The van der Waals surface area contributed by atoms with Crippen molar-refractivity contribution in [3.05, 3.63) is 77.0 Å². The van der Waals surface area contributed by atoms with E-state index in [9.17, 15) is 8.42 Å². The first-order chi connectivity index (χ1) is 13.8. The molecule has 1 atom stereocenters. The summed E-state index contributed by atoms with van der Waals surface area (Å²) < 4.78 is 32.3. The lowest BCUT2D eigenvalue weighted by Crippen LogP contribution is -2.52. The Labute approximate surface area is 177 Å². The highest BCUT2D eigenvalue weighted by Crippen LogP contribution is 2.42. The molecule has 154 valence electrons. The van der Waals surface area contributed by atoms with Crippen LogP contribution in [-0.2, 0) is 10.0 Å². The van der Waals surface area contributed by atoms with E-state index >= 15 is 0 Å². The van der Waals surface area contributed by atoms with E-state index in [1.54, 1.807) is 18.3 Å². The maximum Gasteiger partial charge on any atom is 0.306 e. The molecule has 1 aliphatic heterocycles. The van der Waals surface area contributed by atoms with Crippen LogP contribution in [0, 0.1) is 6.92 Å². The Morgan fingerprint density at radius 1 is 1.21 bits per heavy atom. The van der Waals surface area contributed by atoms with Gasteiger partial charge < -0.3 is 10.5 Å². The normalized spacial score (nSPS) is 19.1. The van der Waals surface area contributed by atoms with Gasteiger partial charge in [0, 0.05) is 24.3 Å². The van der Waals surface area contributed by atoms with Crippen molar-refractivity contribution >= 4 is 27.3 Å². The molecule has 0 saturated carbocycles. The fourth-order valence-corrected chi connectivity index (χ4v) is 5.70. The molecule has 29 heavy (non-hydrogen) atoms. The predicted molar refractivity (Wildman–Crippen MR) is 120 cm³/mol. The number of aryl methyl sites for hydroxylation is 1. The highest BCUT2D eigenvalue weighted by molar-refractivity contribution is 7.91. The third-order valence-electron chi connectivity index (χ3n) is 4.90. The van der Waals surface area contributed by atoms with Crippen molar-refractivity contribution in [2.75, 3.05) is 18.8 Å². The largest absolute Gasteiger partial charge is 0.457 e. The smallest absolute Gasteiger partial charge is 0.306 e. The summed E-state index contributed by atoms with van der Waals surface area (Å²) in [4.78, 5) is 0. The Balaban J connectivity index is 2.13. The molecule has 3 rings (SSSR count). The molecular weight excluding hydrogens is 408 g/mol. The van der Waals surface area contributed by atoms with Crippen molar-refractivity contribution in [3.63, 3.8) is 0 Å². The van der Waals surface area contributed by atoms with Gasteiger partial charge in [-0.05, 0) is 37.1 Å². The molecule has 0 radical (unpaired) electrons. The summed E-state index contributed by atoms with van der Waals surface area (Å²) in [7, 11) is -3.57. The second-order valence-electron chi connectivity index (χ2n) is 7.06. The van der Waals surface area contributed by atoms with Crippen LogP contribution in [0.15, 0.2) is 66.4 Å². The quantitative estimate of drug-likeness (QED) is 0.630. The standard InChI is InChI=1S/C22H26ClN2O3S/c1-3-12-29(26,27)25(11-7-8-18(15-24)16-25)21-13-17(2)22(14-20(21)23)28-19-9-5-4-6-10-19/h4-10,13-14,16H,3,11-12,15,24H2,1-2H3/q+1. The average molecular weight is 434 g/mol. The number of hydrogen-bond acceptors (Lipinski definition) is 4. The third kappa shape index (κ3) is 4.26. The van der Waals surface area contributed by atoms with E-state index in [0.717, 1.165) is 11.1 Å². The van der Waals surface area contributed by atoms with Gasteiger partial charge in [0.15, 0.2) is 5.69 Å². The predicted octanol–water partition coefficient (Wildman–Crippen LogP) is 4.90. The molecule has 2 N–H and O–H groups in total. The lowest BCUT2D eigenvalue weighted by atomic mass is 10.1. The van der Waals surface area contributed by atoms with Gasteiger partial charge in [0.25, 0.3) is 0 Å². The van der Waals surface area contributed by atoms with E-state index in [1.165, 1.54) is 0 Å². The van der Waals surface area contributed by atoms with E-state index in [-0.39, 0.29) is 22.7 Å². The highest BCUT2D eigenvalue weighted by Gasteiger charge is 2.44. The van der Waals surface area contributed by atoms with Gasteiger partial charge in [-0.3, -0.25) is 0 Å². The van der Waals surface area contributed by atoms with Crippen molar-refractivity contribution in [2.45, 2.75) is 20.3 Å². The zero-order valence-electron chi connectivity index (χ0n) is 16.6. The molecule has 0 aromatic heterocycles. The summed E-state index contributed by atoms with van der Waals surface area (Å²) >= 11 is 6.64. The average Bonchev–Trinajstić information content (AvgIpc) is 2.71. The van der Waals surface area contributed by atoms with Crippen molar-refractivity contribution < 1.29 is 13.2 Å². The second kappa shape index (κ2) is 8.71. The van der Waals surface area contributed by atoms with Gasteiger partial charge in [-0.15, -0.1) is 0 Å². The van der Waals surface area contributed by atoms with E-state index < -0.39 is 10.0 Å². The minimum atomic E-state index is -3.57. The number of quaternary nitrogens is 1. The number of sulfonamides is 1. The molecule has 1 heterocycles. The Hall–Kier alpha value is -2.12. The van der Waals surface area contributed by atoms with Crippen molar-refractivity contribution in [2.24, 2.45) is 5.73 Å². The second-order valence-corrected chi connectivity index (χ2v) is 9.69. The summed E-state index contributed by atoms with van der Waals surface area (Å²) in [6.07, 6.45) is 5.94. The third-order valence-corrected chi connectivity index (χ3v) is 7.57. The number of nitrogens with two attached hydrogens (primary N) is 1. The van der Waals surface area contributed by atoms with Crippen LogP contribution in [0.25, 0.3) is 0 Å². The summed E-state index contributed by atoms with van der Waals surface area (Å²) in [5.41, 5.74) is 7.89. The van der Waals surface area contributed by atoms with Crippen molar-refractivity contribution in [1.29, 1.82) is 0 Å². The van der Waals surface area contributed by atoms with Gasteiger partial charge in [0.1, 0.15) is 35.0 Å². The number of halogens is 1. The monoisotopic (exact) mass is 433 g/mol. The molecule has 7 heteroatoms. The lowest BCUT2D eigenvalue weighted by molar-refractivity contribution is 0.477. The Bertz CT molecular complexity index is 1050. The first kappa shape index (κ1) is 21.6. The molecule has 5 nitrogen and oxygen atoms in total. The first-order valence-electron chi connectivity index (χ1n) is 9.55. The molecule has 0 amide bonds. The van der Waals surface area contributed by atoms with E-state index in [1.807, 2.05) is 56.3 Å². The molecule has 0 spiro atoms. The van der Waals surface area contributed by atoms with Crippen LogP contribution >= 0.6 is 11.6 Å². The van der Waals surface area contributed by atoms with Gasteiger partial charge in [0.05, 0.1) is 0 Å².